The van der Waals surface area contributed by atoms with Crippen molar-refractivity contribution in [2.75, 3.05) is 6.61 Å². The average molecular weight is 410 g/mol. The van der Waals surface area contributed by atoms with E-state index in [1.165, 1.54) is 12.1 Å². The van der Waals surface area contributed by atoms with Gasteiger partial charge in [0.05, 0.1) is 21.7 Å². The maximum Gasteiger partial charge on any atom is 0.255 e. The summed E-state index contributed by atoms with van der Waals surface area (Å²) in [4.78, 5) is 15.6. The Bertz CT molecular complexity index is 1110. The third-order valence-corrected chi connectivity index (χ3v) is 5.69. The number of aryl methyl sites for hydroxylation is 1. The average Bonchev–Trinajstić information content (AvgIpc) is 3.02. The molecule has 2 N–H and O–H groups in total. The second-order valence-electron chi connectivity index (χ2n) is 6.67. The summed E-state index contributed by atoms with van der Waals surface area (Å²) in [7, 11) is 0. The van der Waals surface area contributed by atoms with E-state index in [1.807, 2.05) is 44.2 Å². The molecule has 148 valence electrons. The molecule has 8 heteroatoms. The van der Waals surface area contributed by atoms with Crippen LogP contribution in [0, 0.1) is 12.7 Å². The topological polar surface area (TPSA) is 82.5 Å². The minimum Gasteiger partial charge on any atom is -0.484 e. The Morgan fingerprint density at radius 1 is 1.24 bits per heavy atom. The summed E-state index contributed by atoms with van der Waals surface area (Å²) in [5.74, 6) is 0.446. The number of primary amides is 1. The molecule has 0 saturated heterocycles. The lowest BCUT2D eigenvalue weighted by Gasteiger charge is -2.22. The molecule has 0 fully saturated rings. The molecule has 0 spiro atoms. The van der Waals surface area contributed by atoms with Crippen molar-refractivity contribution in [1.82, 2.24) is 9.78 Å². The minimum absolute atomic E-state index is 0.00463. The molecule has 2 heterocycles. The lowest BCUT2D eigenvalue weighted by molar-refractivity contribution is -0.119. The van der Waals surface area contributed by atoms with Crippen molar-refractivity contribution in [3.05, 3.63) is 71.2 Å². The number of fused-ring (bicyclic) bond motifs is 1. The number of nitrogens with zero attached hydrogens (tertiary/aromatic N) is 3. The molecular formula is C21H19FN4O2S. The first kappa shape index (κ1) is 19.2. The van der Waals surface area contributed by atoms with E-state index in [0.717, 1.165) is 21.9 Å². The predicted molar refractivity (Wildman–Crippen MR) is 112 cm³/mol. The molecule has 1 amide bonds. The van der Waals surface area contributed by atoms with Crippen molar-refractivity contribution in [2.24, 2.45) is 10.7 Å². The van der Waals surface area contributed by atoms with E-state index in [0.29, 0.717) is 17.3 Å². The Morgan fingerprint density at radius 2 is 2.00 bits per heavy atom. The number of hydrogen-bond donors (Lipinski definition) is 1. The zero-order valence-electron chi connectivity index (χ0n) is 15.9. The van der Waals surface area contributed by atoms with Crippen LogP contribution in [0.3, 0.4) is 0 Å². The molecule has 0 saturated carbocycles. The summed E-state index contributed by atoms with van der Waals surface area (Å²) in [5, 5.41) is 5.53. The number of aliphatic imine (C=N–C) groups is 1. The molecule has 0 bridgehead atoms. The number of ether oxygens (including phenoxy) is 1. The first-order chi connectivity index (χ1) is 13.9. The largest absolute Gasteiger partial charge is 0.484 e. The normalized spacial score (nSPS) is 15.6. The smallest absolute Gasteiger partial charge is 0.255 e. The van der Waals surface area contributed by atoms with Crippen LogP contribution < -0.4 is 10.5 Å². The maximum atomic E-state index is 13.7. The van der Waals surface area contributed by atoms with Crippen LogP contribution in [0.2, 0.25) is 0 Å². The molecule has 4 rings (SSSR count). The van der Waals surface area contributed by atoms with Crippen LogP contribution in [-0.4, -0.2) is 27.3 Å². The van der Waals surface area contributed by atoms with E-state index < -0.39 is 5.91 Å². The number of carbonyl (C=O) groups is 1. The third kappa shape index (κ3) is 3.88. The Hall–Kier alpha value is -3.13. The molecule has 3 aromatic rings. The zero-order chi connectivity index (χ0) is 20.5. The number of thioether (sulfide) groups is 1. The van der Waals surface area contributed by atoms with Crippen LogP contribution in [0.4, 0.5) is 10.2 Å². The summed E-state index contributed by atoms with van der Waals surface area (Å²) >= 11 is 1.64. The Kier molecular flexibility index (Phi) is 5.10. The molecule has 1 aliphatic rings. The van der Waals surface area contributed by atoms with Gasteiger partial charge < -0.3 is 10.5 Å². The molecule has 6 nitrogen and oxygen atoms in total. The molecule has 1 aromatic heterocycles. The van der Waals surface area contributed by atoms with E-state index in [-0.39, 0.29) is 17.7 Å². The van der Waals surface area contributed by atoms with Crippen LogP contribution in [0.25, 0.3) is 5.69 Å². The van der Waals surface area contributed by atoms with E-state index >= 15 is 0 Å². The highest BCUT2D eigenvalue weighted by Gasteiger charge is 2.30. The molecule has 1 aliphatic heterocycles. The van der Waals surface area contributed by atoms with Gasteiger partial charge in [0.15, 0.2) is 12.4 Å². The highest BCUT2D eigenvalue weighted by Crippen LogP contribution is 2.47. The number of hydrogen-bond acceptors (Lipinski definition) is 5. The van der Waals surface area contributed by atoms with Gasteiger partial charge in [0.1, 0.15) is 11.6 Å². The van der Waals surface area contributed by atoms with Gasteiger partial charge in [-0.3, -0.25) is 4.79 Å². The number of halogens is 1. The van der Waals surface area contributed by atoms with Gasteiger partial charge in [-0.05, 0) is 49.7 Å². The summed E-state index contributed by atoms with van der Waals surface area (Å²) < 4.78 is 20.8. The monoisotopic (exact) mass is 410 g/mol. The van der Waals surface area contributed by atoms with Crippen LogP contribution in [0.5, 0.6) is 5.75 Å². The standard InChI is InChI=1S/C21H19FN4O2S/c1-12-19-20(14-6-8-17(9-7-14)28-11-18(23)27)29-13(2)24-21(19)26(25-12)16-5-3-4-15(22)10-16/h3-10,20H,11H2,1-2H3,(H2,23,27). The SMILES string of the molecule is CC1=Nc2c(c(C)nn2-c2cccc(F)c2)C(c2ccc(OCC(N)=O)cc2)S1. The quantitative estimate of drug-likeness (QED) is 0.687. The van der Waals surface area contributed by atoms with Crippen LogP contribution in [0.15, 0.2) is 53.5 Å². The molecule has 0 radical (unpaired) electrons. The number of carbonyl (C=O) groups excluding carboxylic acids is 1. The van der Waals surface area contributed by atoms with Gasteiger partial charge in [-0.15, -0.1) is 0 Å². The summed E-state index contributed by atoms with van der Waals surface area (Å²) in [6.07, 6.45) is 0. The molecular weight excluding hydrogens is 391 g/mol. The lowest BCUT2D eigenvalue weighted by Crippen LogP contribution is -2.20. The number of benzene rings is 2. The number of aromatic nitrogens is 2. The Morgan fingerprint density at radius 3 is 2.69 bits per heavy atom. The van der Waals surface area contributed by atoms with E-state index in [1.54, 1.807) is 22.5 Å². The van der Waals surface area contributed by atoms with Crippen LogP contribution in [0.1, 0.15) is 29.0 Å². The second kappa shape index (κ2) is 7.71. The zero-order valence-corrected chi connectivity index (χ0v) is 16.7. The van der Waals surface area contributed by atoms with E-state index in [9.17, 15) is 9.18 Å². The number of rotatable bonds is 5. The molecule has 0 aliphatic carbocycles. The fourth-order valence-electron chi connectivity index (χ4n) is 3.26. The lowest BCUT2D eigenvalue weighted by atomic mass is 10.0. The summed E-state index contributed by atoms with van der Waals surface area (Å²) in [6, 6.07) is 13.8. The molecule has 1 atom stereocenters. The van der Waals surface area contributed by atoms with Crippen molar-refractivity contribution < 1.29 is 13.9 Å². The van der Waals surface area contributed by atoms with Crippen molar-refractivity contribution in [2.45, 2.75) is 19.1 Å². The van der Waals surface area contributed by atoms with Crippen LogP contribution >= 0.6 is 11.8 Å². The summed E-state index contributed by atoms with van der Waals surface area (Å²) in [5.41, 5.74) is 8.64. The second-order valence-corrected chi connectivity index (χ2v) is 7.97. The predicted octanol–water partition coefficient (Wildman–Crippen LogP) is 4.07. The van der Waals surface area contributed by atoms with Crippen molar-refractivity contribution in [1.29, 1.82) is 0 Å². The van der Waals surface area contributed by atoms with Gasteiger partial charge in [0, 0.05) is 5.56 Å². The van der Waals surface area contributed by atoms with Crippen molar-refractivity contribution in [3.8, 4) is 11.4 Å². The van der Waals surface area contributed by atoms with E-state index in [4.69, 9.17) is 15.5 Å². The van der Waals surface area contributed by atoms with Gasteiger partial charge >= 0.3 is 0 Å². The molecule has 1 unspecified atom stereocenters. The first-order valence-electron chi connectivity index (χ1n) is 9.01. The highest BCUT2D eigenvalue weighted by molar-refractivity contribution is 8.14. The maximum absolute atomic E-state index is 13.7. The van der Waals surface area contributed by atoms with Gasteiger partial charge in [-0.25, -0.2) is 14.1 Å². The fourth-order valence-corrected chi connectivity index (χ4v) is 4.43. The van der Waals surface area contributed by atoms with Gasteiger partial charge in [-0.1, -0.05) is 30.0 Å². The molecule has 29 heavy (non-hydrogen) atoms. The highest BCUT2D eigenvalue weighted by atomic mass is 32.2. The molecule has 2 aromatic carbocycles. The van der Waals surface area contributed by atoms with Gasteiger partial charge in [0.2, 0.25) is 0 Å². The van der Waals surface area contributed by atoms with Crippen LogP contribution in [-0.2, 0) is 4.79 Å². The van der Waals surface area contributed by atoms with E-state index in [2.05, 4.69) is 5.10 Å². The van der Waals surface area contributed by atoms with Crippen molar-refractivity contribution >= 4 is 28.5 Å². The third-order valence-electron chi connectivity index (χ3n) is 4.51. The minimum atomic E-state index is -0.520. The van der Waals surface area contributed by atoms with Crippen molar-refractivity contribution in [3.63, 3.8) is 0 Å². The summed E-state index contributed by atoms with van der Waals surface area (Å²) in [6.45, 7) is 3.72. The number of nitrogens with two attached hydrogens (primary N) is 1. The first-order valence-corrected chi connectivity index (χ1v) is 9.89. The van der Waals surface area contributed by atoms with Gasteiger partial charge in [-0.2, -0.15) is 5.10 Å². The number of amides is 1. The Balaban J connectivity index is 1.72. The Labute approximate surface area is 171 Å². The fraction of sp³-hybridized carbons (Fsp3) is 0.190. The van der Waals surface area contributed by atoms with Gasteiger partial charge in [0.25, 0.3) is 5.91 Å².